The minimum atomic E-state index is 0.684. The Morgan fingerprint density at radius 3 is 2.29 bits per heavy atom. The molecule has 2 nitrogen and oxygen atoms in total. The normalized spacial score (nSPS) is 39.1. The molecule has 1 saturated carbocycles. The predicted octanol–water partition coefficient (Wildman–Crippen LogP) is 2.88. The van der Waals surface area contributed by atoms with Gasteiger partial charge in [-0.2, -0.15) is 0 Å². The fourth-order valence-corrected chi connectivity index (χ4v) is 3.26. The largest absolute Gasteiger partial charge is 0.358 e. The van der Waals surface area contributed by atoms with Gasteiger partial charge in [-0.1, -0.05) is 13.8 Å². The second-order valence-corrected chi connectivity index (χ2v) is 5.31. The molecule has 1 N–H and O–H groups in total. The Morgan fingerprint density at radius 2 is 1.79 bits per heavy atom. The SMILES string of the molecule is CC1CC(C)CC(N2CCCC2=N)C1. The van der Waals surface area contributed by atoms with E-state index in [-0.39, 0.29) is 0 Å². The summed E-state index contributed by atoms with van der Waals surface area (Å²) in [6.07, 6.45) is 6.23. The van der Waals surface area contributed by atoms with Gasteiger partial charge in [-0.25, -0.2) is 0 Å². The summed E-state index contributed by atoms with van der Waals surface area (Å²) in [6.45, 7) is 5.87. The number of nitrogens with zero attached hydrogens (tertiary/aromatic N) is 1. The first kappa shape index (κ1) is 10.0. The lowest BCUT2D eigenvalue weighted by molar-refractivity contribution is 0.175. The molecule has 0 spiro atoms. The van der Waals surface area contributed by atoms with Crippen molar-refractivity contribution < 1.29 is 0 Å². The van der Waals surface area contributed by atoms with Crippen LogP contribution in [0.2, 0.25) is 0 Å². The van der Waals surface area contributed by atoms with Crippen LogP contribution in [0.25, 0.3) is 0 Å². The molecule has 0 radical (unpaired) electrons. The minimum Gasteiger partial charge on any atom is -0.358 e. The van der Waals surface area contributed by atoms with Gasteiger partial charge in [0, 0.05) is 19.0 Å². The van der Waals surface area contributed by atoms with E-state index in [4.69, 9.17) is 5.41 Å². The second kappa shape index (κ2) is 3.92. The van der Waals surface area contributed by atoms with Crippen LogP contribution >= 0.6 is 0 Å². The summed E-state index contributed by atoms with van der Waals surface area (Å²) in [6, 6.07) is 0.684. The average molecular weight is 194 g/mol. The van der Waals surface area contributed by atoms with Gasteiger partial charge < -0.3 is 4.90 Å². The van der Waals surface area contributed by atoms with Gasteiger partial charge >= 0.3 is 0 Å². The van der Waals surface area contributed by atoms with Crippen LogP contribution in [0.15, 0.2) is 0 Å². The zero-order valence-corrected chi connectivity index (χ0v) is 9.42. The van der Waals surface area contributed by atoms with Crippen molar-refractivity contribution in [3.63, 3.8) is 0 Å². The van der Waals surface area contributed by atoms with E-state index >= 15 is 0 Å². The van der Waals surface area contributed by atoms with Crippen LogP contribution in [0, 0.1) is 17.2 Å². The number of rotatable bonds is 1. The Kier molecular flexibility index (Phi) is 2.80. The molecule has 2 heteroatoms. The summed E-state index contributed by atoms with van der Waals surface area (Å²) in [5, 5.41) is 7.90. The Morgan fingerprint density at radius 1 is 1.14 bits per heavy atom. The van der Waals surface area contributed by atoms with Gasteiger partial charge in [0.05, 0.1) is 5.84 Å². The number of nitrogens with one attached hydrogen (secondary N) is 1. The fourth-order valence-electron chi connectivity index (χ4n) is 3.26. The molecule has 0 bridgehead atoms. The number of likely N-dealkylation sites (tertiary alicyclic amines) is 1. The van der Waals surface area contributed by atoms with Crippen LogP contribution in [-0.4, -0.2) is 23.3 Å². The van der Waals surface area contributed by atoms with Crippen LogP contribution < -0.4 is 0 Å². The van der Waals surface area contributed by atoms with E-state index in [0.29, 0.717) is 6.04 Å². The molecule has 0 aromatic carbocycles. The molecule has 0 amide bonds. The Balaban J connectivity index is 1.99. The van der Waals surface area contributed by atoms with Crippen LogP contribution in [-0.2, 0) is 0 Å². The molecule has 2 aliphatic rings. The summed E-state index contributed by atoms with van der Waals surface area (Å²) in [5.74, 6) is 2.62. The molecule has 14 heavy (non-hydrogen) atoms. The standard InChI is InChI=1S/C12H22N2/c1-9-6-10(2)8-11(7-9)14-5-3-4-12(14)13/h9-11,13H,3-8H2,1-2H3. The monoisotopic (exact) mass is 194 g/mol. The van der Waals surface area contributed by atoms with E-state index in [9.17, 15) is 0 Å². The van der Waals surface area contributed by atoms with Crippen molar-refractivity contribution >= 4 is 5.84 Å². The van der Waals surface area contributed by atoms with Crippen LogP contribution in [0.5, 0.6) is 0 Å². The highest BCUT2D eigenvalue weighted by molar-refractivity contribution is 5.81. The van der Waals surface area contributed by atoms with Gasteiger partial charge in [0.25, 0.3) is 0 Å². The molecule has 2 rings (SSSR count). The Bertz CT molecular complexity index is 214. The van der Waals surface area contributed by atoms with Gasteiger partial charge in [0.15, 0.2) is 0 Å². The number of amidine groups is 1. The van der Waals surface area contributed by atoms with Gasteiger partial charge in [-0.05, 0) is 37.5 Å². The smallest absolute Gasteiger partial charge is 0.0960 e. The van der Waals surface area contributed by atoms with Crippen LogP contribution in [0.4, 0.5) is 0 Å². The van der Waals surface area contributed by atoms with Crippen molar-refractivity contribution in [2.45, 2.75) is 52.0 Å². The van der Waals surface area contributed by atoms with Gasteiger partial charge in [0.1, 0.15) is 0 Å². The van der Waals surface area contributed by atoms with Gasteiger partial charge in [-0.15, -0.1) is 0 Å². The van der Waals surface area contributed by atoms with Crippen molar-refractivity contribution in [1.82, 2.24) is 4.90 Å². The first-order chi connectivity index (χ1) is 6.66. The molecule has 1 heterocycles. The summed E-state index contributed by atoms with van der Waals surface area (Å²) in [5.41, 5.74) is 0. The topological polar surface area (TPSA) is 27.1 Å². The van der Waals surface area contributed by atoms with E-state index in [2.05, 4.69) is 18.7 Å². The third kappa shape index (κ3) is 1.94. The molecule has 2 atom stereocenters. The van der Waals surface area contributed by atoms with E-state index in [1.807, 2.05) is 0 Å². The minimum absolute atomic E-state index is 0.684. The van der Waals surface area contributed by atoms with E-state index in [1.54, 1.807) is 0 Å². The fraction of sp³-hybridized carbons (Fsp3) is 0.917. The molecular weight excluding hydrogens is 172 g/mol. The Labute approximate surface area is 87.2 Å². The predicted molar refractivity (Wildman–Crippen MR) is 59.6 cm³/mol. The summed E-state index contributed by atoms with van der Waals surface area (Å²) in [4.78, 5) is 2.37. The Hall–Kier alpha value is -0.530. The maximum Gasteiger partial charge on any atom is 0.0960 e. The highest BCUT2D eigenvalue weighted by Crippen LogP contribution is 2.33. The van der Waals surface area contributed by atoms with Crippen molar-refractivity contribution in [3.05, 3.63) is 0 Å². The van der Waals surface area contributed by atoms with Gasteiger partial charge in [0.2, 0.25) is 0 Å². The maximum absolute atomic E-state index is 7.90. The number of hydrogen-bond acceptors (Lipinski definition) is 1. The molecule has 0 aromatic heterocycles. The van der Waals surface area contributed by atoms with Crippen molar-refractivity contribution in [2.24, 2.45) is 11.8 Å². The van der Waals surface area contributed by atoms with Crippen LogP contribution in [0.1, 0.15) is 46.0 Å². The lowest BCUT2D eigenvalue weighted by atomic mass is 9.80. The van der Waals surface area contributed by atoms with Crippen LogP contribution in [0.3, 0.4) is 0 Å². The molecular formula is C12H22N2. The molecule has 0 aromatic rings. The summed E-state index contributed by atoms with van der Waals surface area (Å²) >= 11 is 0. The molecule has 2 unspecified atom stereocenters. The highest BCUT2D eigenvalue weighted by atomic mass is 15.2. The van der Waals surface area contributed by atoms with Gasteiger partial charge in [-0.3, -0.25) is 5.41 Å². The van der Waals surface area contributed by atoms with Crippen molar-refractivity contribution in [1.29, 1.82) is 5.41 Å². The van der Waals surface area contributed by atoms with E-state index in [1.165, 1.54) is 25.7 Å². The quantitative estimate of drug-likeness (QED) is 0.682. The average Bonchev–Trinajstić information content (AvgIpc) is 2.49. The van der Waals surface area contributed by atoms with E-state index < -0.39 is 0 Å². The highest BCUT2D eigenvalue weighted by Gasteiger charge is 2.31. The lowest BCUT2D eigenvalue weighted by Crippen LogP contribution is -2.40. The molecule has 2 fully saturated rings. The third-order valence-corrected chi connectivity index (χ3v) is 3.75. The molecule has 1 saturated heterocycles. The second-order valence-electron chi connectivity index (χ2n) is 5.31. The third-order valence-electron chi connectivity index (χ3n) is 3.75. The van der Waals surface area contributed by atoms with Crippen molar-refractivity contribution in [2.75, 3.05) is 6.54 Å². The first-order valence-electron chi connectivity index (χ1n) is 6.01. The summed E-state index contributed by atoms with van der Waals surface area (Å²) in [7, 11) is 0. The molecule has 1 aliphatic heterocycles. The zero-order valence-electron chi connectivity index (χ0n) is 9.42. The first-order valence-corrected chi connectivity index (χ1v) is 6.01. The zero-order chi connectivity index (χ0) is 10.1. The number of hydrogen-bond donors (Lipinski definition) is 1. The molecule has 80 valence electrons. The maximum atomic E-state index is 7.90. The molecule has 1 aliphatic carbocycles. The lowest BCUT2D eigenvalue weighted by Gasteiger charge is -2.38. The van der Waals surface area contributed by atoms with E-state index in [0.717, 1.165) is 30.6 Å². The summed E-state index contributed by atoms with van der Waals surface area (Å²) < 4.78 is 0. The van der Waals surface area contributed by atoms with Crippen molar-refractivity contribution in [3.8, 4) is 0 Å².